The van der Waals surface area contributed by atoms with E-state index in [0.29, 0.717) is 19.7 Å². The number of amides is 1. The summed E-state index contributed by atoms with van der Waals surface area (Å²) in [5, 5.41) is 8.81. The van der Waals surface area contributed by atoms with Gasteiger partial charge in [-0.3, -0.25) is 0 Å². The van der Waals surface area contributed by atoms with Crippen LogP contribution in [0.4, 0.5) is 4.79 Å². The molecule has 1 rings (SSSR count). The van der Waals surface area contributed by atoms with E-state index >= 15 is 0 Å². The number of hydrogen-bond donors (Lipinski definition) is 1. The molecule has 1 heterocycles. The molecule has 5 heteroatoms. The average molecular weight is 414 g/mol. The minimum atomic E-state index is -0.243. The van der Waals surface area contributed by atoms with Crippen molar-refractivity contribution in [2.45, 2.75) is 116 Å². The molecule has 0 saturated carbocycles. The molecule has 1 fully saturated rings. The maximum absolute atomic E-state index is 11.7. The van der Waals surface area contributed by atoms with Gasteiger partial charge in [0.15, 0.2) is 0 Å². The van der Waals surface area contributed by atoms with Gasteiger partial charge in [-0.15, -0.1) is 0 Å². The second kappa shape index (κ2) is 19.2. The van der Waals surface area contributed by atoms with Crippen LogP contribution in [0, 0.1) is 0 Å². The molecule has 0 aromatic rings. The summed E-state index contributed by atoms with van der Waals surface area (Å²) in [5.41, 5.74) is 0. The molecule has 1 aliphatic heterocycles. The van der Waals surface area contributed by atoms with Crippen molar-refractivity contribution in [2.75, 3.05) is 32.9 Å². The molecular formula is C24H47NO4. The lowest BCUT2D eigenvalue weighted by Crippen LogP contribution is -2.27. The Morgan fingerprint density at radius 3 is 1.97 bits per heavy atom. The monoisotopic (exact) mass is 413 g/mol. The fourth-order valence-corrected chi connectivity index (χ4v) is 3.87. The molecule has 0 aliphatic carbocycles. The van der Waals surface area contributed by atoms with Gasteiger partial charge >= 0.3 is 6.09 Å². The van der Waals surface area contributed by atoms with E-state index in [0.717, 1.165) is 25.9 Å². The summed E-state index contributed by atoms with van der Waals surface area (Å²) >= 11 is 0. The van der Waals surface area contributed by atoms with Crippen molar-refractivity contribution in [1.82, 2.24) is 4.90 Å². The van der Waals surface area contributed by atoms with E-state index < -0.39 is 0 Å². The number of aliphatic hydroxyl groups is 1. The second-order valence-corrected chi connectivity index (χ2v) is 8.55. The first kappa shape index (κ1) is 26.2. The maximum Gasteiger partial charge on any atom is 0.410 e. The first-order valence-corrected chi connectivity index (χ1v) is 12.4. The number of carbonyl (C=O) groups is 1. The molecule has 1 amide bonds. The van der Waals surface area contributed by atoms with Crippen LogP contribution in [-0.4, -0.2) is 55.1 Å². The van der Waals surface area contributed by atoms with Crippen LogP contribution >= 0.6 is 0 Å². The Morgan fingerprint density at radius 1 is 0.862 bits per heavy atom. The lowest BCUT2D eigenvalue weighted by Gasteiger charge is -2.12. The number of carbonyl (C=O) groups excluding carboxylic acids is 1. The normalized spacial score (nSPS) is 16.6. The molecule has 1 saturated heterocycles. The van der Waals surface area contributed by atoms with Crippen molar-refractivity contribution in [1.29, 1.82) is 0 Å². The number of unbranched alkanes of at least 4 members (excludes halogenated alkanes) is 14. The van der Waals surface area contributed by atoms with Gasteiger partial charge in [0.25, 0.3) is 0 Å². The minimum Gasteiger partial charge on any atom is -0.442 e. The summed E-state index contributed by atoms with van der Waals surface area (Å²) in [6.45, 7) is 4.99. The zero-order valence-electron chi connectivity index (χ0n) is 19.0. The van der Waals surface area contributed by atoms with Crippen LogP contribution in [0.2, 0.25) is 0 Å². The molecule has 0 radical (unpaired) electrons. The SMILES string of the molecule is CCCCCCCCCCCCCCCCOCC1CN(CCCCO)C(=O)O1. The molecule has 1 aliphatic rings. The highest BCUT2D eigenvalue weighted by molar-refractivity contribution is 5.69. The number of hydrogen-bond acceptors (Lipinski definition) is 4. The summed E-state index contributed by atoms with van der Waals surface area (Å²) in [6, 6.07) is 0. The Labute approximate surface area is 179 Å². The van der Waals surface area contributed by atoms with E-state index in [4.69, 9.17) is 14.6 Å². The largest absolute Gasteiger partial charge is 0.442 e. The van der Waals surface area contributed by atoms with Gasteiger partial charge in [-0.1, -0.05) is 90.4 Å². The zero-order chi connectivity index (χ0) is 21.0. The van der Waals surface area contributed by atoms with Crippen molar-refractivity contribution in [3.63, 3.8) is 0 Å². The predicted octanol–water partition coefficient (Wildman–Crippen LogP) is 6.08. The van der Waals surface area contributed by atoms with Crippen molar-refractivity contribution < 1.29 is 19.4 Å². The third kappa shape index (κ3) is 14.8. The van der Waals surface area contributed by atoms with Crippen molar-refractivity contribution >= 4 is 6.09 Å². The number of cyclic esters (lactones) is 1. The van der Waals surface area contributed by atoms with Gasteiger partial charge in [0.05, 0.1) is 13.2 Å². The Morgan fingerprint density at radius 2 is 1.41 bits per heavy atom. The van der Waals surface area contributed by atoms with Crippen LogP contribution in [0.25, 0.3) is 0 Å². The first-order chi connectivity index (χ1) is 14.3. The van der Waals surface area contributed by atoms with E-state index in [-0.39, 0.29) is 18.8 Å². The Bertz CT molecular complexity index is 378. The lowest BCUT2D eigenvalue weighted by molar-refractivity contribution is 0.0443. The standard InChI is InChI=1S/C24H47NO4/c1-2-3-4-5-6-7-8-9-10-11-12-13-14-17-20-28-22-23-21-25(24(27)29-23)18-15-16-19-26/h23,26H,2-22H2,1H3. The van der Waals surface area contributed by atoms with Crippen molar-refractivity contribution in [3.05, 3.63) is 0 Å². The minimum absolute atomic E-state index is 0.136. The number of nitrogens with zero attached hydrogens (tertiary/aromatic N) is 1. The molecule has 0 spiro atoms. The van der Waals surface area contributed by atoms with E-state index in [1.165, 1.54) is 83.5 Å². The number of ether oxygens (including phenoxy) is 2. The third-order valence-corrected chi connectivity index (χ3v) is 5.73. The average Bonchev–Trinajstić information content (AvgIpc) is 3.07. The lowest BCUT2D eigenvalue weighted by atomic mass is 10.0. The first-order valence-electron chi connectivity index (χ1n) is 12.4. The van der Waals surface area contributed by atoms with E-state index in [1.54, 1.807) is 4.90 Å². The molecule has 1 atom stereocenters. The van der Waals surface area contributed by atoms with Crippen LogP contribution < -0.4 is 0 Å². The number of aliphatic hydroxyl groups excluding tert-OH is 1. The summed E-state index contributed by atoms with van der Waals surface area (Å²) in [5.74, 6) is 0. The summed E-state index contributed by atoms with van der Waals surface area (Å²) in [7, 11) is 0. The molecule has 1 N–H and O–H groups in total. The van der Waals surface area contributed by atoms with Gasteiger partial charge in [0.2, 0.25) is 0 Å². The molecule has 0 aromatic heterocycles. The fourth-order valence-electron chi connectivity index (χ4n) is 3.87. The topological polar surface area (TPSA) is 59.0 Å². The highest BCUT2D eigenvalue weighted by atomic mass is 16.6. The molecule has 0 bridgehead atoms. The van der Waals surface area contributed by atoms with E-state index in [9.17, 15) is 4.79 Å². The summed E-state index contributed by atoms with van der Waals surface area (Å²) < 4.78 is 11.0. The Balaban J connectivity index is 1.79. The van der Waals surface area contributed by atoms with Gasteiger partial charge in [-0.25, -0.2) is 4.79 Å². The second-order valence-electron chi connectivity index (χ2n) is 8.55. The van der Waals surface area contributed by atoms with Gasteiger partial charge in [0, 0.05) is 19.8 Å². The molecule has 172 valence electrons. The van der Waals surface area contributed by atoms with Gasteiger partial charge < -0.3 is 19.5 Å². The van der Waals surface area contributed by atoms with Gasteiger partial charge in [-0.05, 0) is 19.3 Å². The van der Waals surface area contributed by atoms with Crippen LogP contribution in [0.5, 0.6) is 0 Å². The fraction of sp³-hybridized carbons (Fsp3) is 0.958. The van der Waals surface area contributed by atoms with E-state index in [1.807, 2.05) is 0 Å². The highest BCUT2D eigenvalue weighted by Crippen LogP contribution is 2.14. The van der Waals surface area contributed by atoms with Crippen LogP contribution in [0.15, 0.2) is 0 Å². The highest BCUT2D eigenvalue weighted by Gasteiger charge is 2.30. The molecule has 29 heavy (non-hydrogen) atoms. The Kier molecular flexibility index (Phi) is 17.3. The third-order valence-electron chi connectivity index (χ3n) is 5.73. The molecule has 1 unspecified atom stereocenters. The summed E-state index contributed by atoms with van der Waals surface area (Å²) in [4.78, 5) is 13.5. The van der Waals surface area contributed by atoms with E-state index in [2.05, 4.69) is 6.92 Å². The van der Waals surface area contributed by atoms with Crippen LogP contribution in [0.3, 0.4) is 0 Å². The Hall–Kier alpha value is -0.810. The zero-order valence-corrected chi connectivity index (χ0v) is 19.0. The quantitative estimate of drug-likeness (QED) is 0.232. The molecular weight excluding hydrogens is 366 g/mol. The van der Waals surface area contributed by atoms with Crippen LogP contribution in [0.1, 0.15) is 110 Å². The van der Waals surface area contributed by atoms with Gasteiger partial charge in [-0.2, -0.15) is 0 Å². The summed E-state index contributed by atoms with van der Waals surface area (Å²) in [6.07, 6.45) is 20.2. The van der Waals surface area contributed by atoms with Crippen molar-refractivity contribution in [3.8, 4) is 0 Å². The molecule has 5 nitrogen and oxygen atoms in total. The van der Waals surface area contributed by atoms with Gasteiger partial charge in [0.1, 0.15) is 6.10 Å². The maximum atomic E-state index is 11.7. The molecule has 0 aromatic carbocycles. The smallest absolute Gasteiger partial charge is 0.410 e. The predicted molar refractivity (Wildman–Crippen MR) is 119 cm³/mol. The number of rotatable bonds is 21. The van der Waals surface area contributed by atoms with Crippen molar-refractivity contribution in [2.24, 2.45) is 0 Å². The van der Waals surface area contributed by atoms with Crippen LogP contribution in [-0.2, 0) is 9.47 Å².